The molecule has 1 fully saturated rings. The molecule has 3 heterocycles. The molecule has 1 aliphatic heterocycles. The minimum Gasteiger partial charge on any atom is -0.373 e. The number of fused-ring (bicyclic) bond motifs is 1. The fourth-order valence-electron chi connectivity index (χ4n) is 1.87. The zero-order chi connectivity index (χ0) is 11.5. The second-order valence-corrected chi connectivity index (χ2v) is 4.91. The number of imidazole rings is 1. The maximum atomic E-state index is 5.62. The van der Waals surface area contributed by atoms with E-state index in [1.807, 2.05) is 22.2 Å². The predicted molar refractivity (Wildman–Crippen MR) is 65.3 cm³/mol. The molecule has 17 heavy (non-hydrogen) atoms. The molecular formula is C11H15N3O2S. The van der Waals surface area contributed by atoms with Gasteiger partial charge in [0.15, 0.2) is 4.96 Å². The van der Waals surface area contributed by atoms with Crippen LogP contribution in [0.2, 0.25) is 0 Å². The van der Waals surface area contributed by atoms with E-state index >= 15 is 0 Å². The van der Waals surface area contributed by atoms with Gasteiger partial charge in [-0.3, -0.25) is 4.40 Å². The quantitative estimate of drug-likeness (QED) is 0.879. The normalized spacial score (nSPS) is 21.1. The van der Waals surface area contributed by atoms with Crippen molar-refractivity contribution in [2.24, 2.45) is 0 Å². The Bertz CT molecular complexity index is 447. The second kappa shape index (κ2) is 5.14. The standard InChI is InChI=1S/C11H15N3O2S/c1-3-16-10(5-12-1)8-15-7-9-6-14-2-4-17-11(14)13-9/h2,4,6,10,12H,1,3,5,7-8H2. The van der Waals surface area contributed by atoms with Gasteiger partial charge >= 0.3 is 0 Å². The topological polar surface area (TPSA) is 47.8 Å². The Labute approximate surface area is 103 Å². The van der Waals surface area contributed by atoms with Crippen LogP contribution in [-0.4, -0.2) is 41.8 Å². The minimum absolute atomic E-state index is 0.174. The summed E-state index contributed by atoms with van der Waals surface area (Å²) < 4.78 is 13.2. The van der Waals surface area contributed by atoms with Gasteiger partial charge in [0.1, 0.15) is 0 Å². The molecule has 2 aromatic rings. The lowest BCUT2D eigenvalue weighted by atomic mass is 10.3. The molecule has 0 amide bonds. The molecule has 92 valence electrons. The van der Waals surface area contributed by atoms with Crippen molar-refractivity contribution < 1.29 is 9.47 Å². The summed E-state index contributed by atoms with van der Waals surface area (Å²) in [4.78, 5) is 5.47. The third-order valence-corrected chi connectivity index (χ3v) is 3.47. The summed E-state index contributed by atoms with van der Waals surface area (Å²) in [6.45, 7) is 3.76. The number of aromatic nitrogens is 2. The molecule has 0 aliphatic carbocycles. The third-order valence-electron chi connectivity index (χ3n) is 2.70. The minimum atomic E-state index is 0.174. The number of hydrogen-bond donors (Lipinski definition) is 1. The van der Waals surface area contributed by atoms with Crippen molar-refractivity contribution in [2.75, 3.05) is 26.3 Å². The molecule has 6 heteroatoms. The maximum absolute atomic E-state index is 5.62. The van der Waals surface area contributed by atoms with E-state index < -0.39 is 0 Å². The van der Waals surface area contributed by atoms with Crippen LogP contribution in [0.3, 0.4) is 0 Å². The van der Waals surface area contributed by atoms with Crippen molar-refractivity contribution in [1.82, 2.24) is 14.7 Å². The van der Waals surface area contributed by atoms with Crippen LogP contribution >= 0.6 is 11.3 Å². The van der Waals surface area contributed by atoms with E-state index in [9.17, 15) is 0 Å². The first kappa shape index (κ1) is 11.2. The largest absolute Gasteiger partial charge is 0.373 e. The molecule has 1 aliphatic rings. The van der Waals surface area contributed by atoms with Gasteiger partial charge in [-0.25, -0.2) is 4.98 Å². The van der Waals surface area contributed by atoms with Gasteiger partial charge in [0.2, 0.25) is 0 Å². The molecule has 0 radical (unpaired) electrons. The molecule has 5 nitrogen and oxygen atoms in total. The molecule has 0 spiro atoms. The summed E-state index contributed by atoms with van der Waals surface area (Å²) in [6, 6.07) is 0. The van der Waals surface area contributed by atoms with Crippen molar-refractivity contribution in [3.8, 4) is 0 Å². The maximum Gasteiger partial charge on any atom is 0.193 e. The van der Waals surface area contributed by atoms with Gasteiger partial charge in [-0.15, -0.1) is 11.3 Å². The van der Waals surface area contributed by atoms with Gasteiger partial charge < -0.3 is 14.8 Å². The van der Waals surface area contributed by atoms with Crippen LogP contribution < -0.4 is 5.32 Å². The fourth-order valence-corrected chi connectivity index (χ4v) is 2.59. The van der Waals surface area contributed by atoms with E-state index in [1.165, 1.54) is 0 Å². The molecule has 1 atom stereocenters. The van der Waals surface area contributed by atoms with E-state index in [2.05, 4.69) is 10.3 Å². The van der Waals surface area contributed by atoms with Crippen molar-refractivity contribution in [2.45, 2.75) is 12.7 Å². The highest BCUT2D eigenvalue weighted by Crippen LogP contribution is 2.12. The molecule has 0 bridgehead atoms. The van der Waals surface area contributed by atoms with Gasteiger partial charge in [-0.2, -0.15) is 0 Å². The van der Waals surface area contributed by atoms with E-state index in [0.29, 0.717) is 13.2 Å². The molecule has 2 aromatic heterocycles. The second-order valence-electron chi connectivity index (χ2n) is 4.04. The Kier molecular flexibility index (Phi) is 3.37. The summed E-state index contributed by atoms with van der Waals surface area (Å²) in [5.74, 6) is 0. The summed E-state index contributed by atoms with van der Waals surface area (Å²) in [6.07, 6.45) is 4.18. The van der Waals surface area contributed by atoms with E-state index in [1.54, 1.807) is 11.3 Å². The molecule has 1 N–H and O–H groups in total. The van der Waals surface area contributed by atoms with E-state index in [0.717, 1.165) is 30.4 Å². The van der Waals surface area contributed by atoms with Crippen molar-refractivity contribution in [3.05, 3.63) is 23.5 Å². The summed E-state index contributed by atoms with van der Waals surface area (Å²) >= 11 is 1.63. The SMILES string of the molecule is c1cn2cc(COCC3CNCCO3)nc2s1. The van der Waals surface area contributed by atoms with Gasteiger partial charge in [-0.1, -0.05) is 0 Å². The van der Waals surface area contributed by atoms with Gasteiger partial charge in [0, 0.05) is 30.9 Å². The van der Waals surface area contributed by atoms with Crippen LogP contribution in [0.1, 0.15) is 5.69 Å². The monoisotopic (exact) mass is 253 g/mol. The number of nitrogens with zero attached hydrogens (tertiary/aromatic N) is 2. The fraction of sp³-hybridized carbons (Fsp3) is 0.545. The van der Waals surface area contributed by atoms with Crippen molar-refractivity contribution in [3.63, 3.8) is 0 Å². The number of nitrogens with one attached hydrogen (secondary N) is 1. The van der Waals surface area contributed by atoms with Gasteiger partial charge in [-0.05, 0) is 0 Å². The highest BCUT2D eigenvalue weighted by molar-refractivity contribution is 7.15. The van der Waals surface area contributed by atoms with Crippen molar-refractivity contribution >= 4 is 16.3 Å². The average molecular weight is 253 g/mol. The Morgan fingerprint density at radius 2 is 2.65 bits per heavy atom. The zero-order valence-corrected chi connectivity index (χ0v) is 10.3. The first-order chi connectivity index (χ1) is 8.42. The summed E-state index contributed by atoms with van der Waals surface area (Å²) in [7, 11) is 0. The molecule has 1 saturated heterocycles. The van der Waals surface area contributed by atoms with E-state index in [4.69, 9.17) is 9.47 Å². The number of hydrogen-bond acceptors (Lipinski definition) is 5. The number of morpholine rings is 1. The van der Waals surface area contributed by atoms with E-state index in [-0.39, 0.29) is 6.10 Å². The van der Waals surface area contributed by atoms with Crippen LogP contribution in [0, 0.1) is 0 Å². The Morgan fingerprint density at radius 1 is 1.65 bits per heavy atom. The highest BCUT2D eigenvalue weighted by Gasteiger charge is 2.13. The van der Waals surface area contributed by atoms with Crippen LogP contribution in [0.5, 0.6) is 0 Å². The molecule has 3 rings (SSSR count). The lowest BCUT2D eigenvalue weighted by Gasteiger charge is -2.23. The first-order valence-corrected chi connectivity index (χ1v) is 6.61. The van der Waals surface area contributed by atoms with Crippen molar-refractivity contribution in [1.29, 1.82) is 0 Å². The molecular weight excluding hydrogens is 238 g/mol. The number of rotatable bonds is 4. The van der Waals surface area contributed by atoms with Crippen LogP contribution in [0.15, 0.2) is 17.8 Å². The van der Waals surface area contributed by atoms with Gasteiger partial charge in [0.05, 0.1) is 31.6 Å². The van der Waals surface area contributed by atoms with Crippen LogP contribution in [0.4, 0.5) is 0 Å². The number of ether oxygens (including phenoxy) is 2. The van der Waals surface area contributed by atoms with Crippen LogP contribution in [-0.2, 0) is 16.1 Å². The zero-order valence-electron chi connectivity index (χ0n) is 9.46. The Balaban J connectivity index is 1.49. The summed E-state index contributed by atoms with van der Waals surface area (Å²) in [5, 5.41) is 5.30. The molecule has 0 aromatic carbocycles. The lowest BCUT2D eigenvalue weighted by molar-refractivity contribution is -0.0362. The highest BCUT2D eigenvalue weighted by atomic mass is 32.1. The first-order valence-electron chi connectivity index (χ1n) is 5.73. The van der Waals surface area contributed by atoms with Crippen LogP contribution in [0.25, 0.3) is 4.96 Å². The molecule has 0 saturated carbocycles. The smallest absolute Gasteiger partial charge is 0.193 e. The lowest BCUT2D eigenvalue weighted by Crippen LogP contribution is -2.40. The predicted octanol–water partition coefficient (Wildman–Crippen LogP) is 0.901. The number of thiazole rings is 1. The Morgan fingerprint density at radius 3 is 3.47 bits per heavy atom. The average Bonchev–Trinajstić information content (AvgIpc) is 2.91. The third kappa shape index (κ3) is 2.66. The Hall–Kier alpha value is -0.950. The molecule has 1 unspecified atom stereocenters. The summed E-state index contributed by atoms with van der Waals surface area (Å²) in [5.41, 5.74) is 0.973. The van der Waals surface area contributed by atoms with Gasteiger partial charge in [0.25, 0.3) is 0 Å².